The van der Waals surface area contributed by atoms with E-state index < -0.39 is 11.7 Å². The van der Waals surface area contributed by atoms with Gasteiger partial charge in [-0.1, -0.05) is 17.7 Å². The van der Waals surface area contributed by atoms with Gasteiger partial charge in [0.1, 0.15) is 16.4 Å². The van der Waals surface area contributed by atoms with E-state index in [0.29, 0.717) is 10.8 Å². The lowest BCUT2D eigenvalue weighted by atomic mass is 10.2. The van der Waals surface area contributed by atoms with Crippen molar-refractivity contribution in [1.82, 2.24) is 14.7 Å². The lowest BCUT2D eigenvalue weighted by Crippen LogP contribution is -2.32. The zero-order valence-electron chi connectivity index (χ0n) is 11.1. The highest BCUT2D eigenvalue weighted by molar-refractivity contribution is 6.30. The van der Waals surface area contributed by atoms with E-state index >= 15 is 0 Å². The van der Waals surface area contributed by atoms with Crippen LogP contribution in [0.4, 0.5) is 4.79 Å². The molecule has 5 nitrogen and oxygen atoms in total. The van der Waals surface area contributed by atoms with Crippen molar-refractivity contribution in [3.63, 3.8) is 0 Å². The molecule has 19 heavy (non-hydrogen) atoms. The second-order valence-electron chi connectivity index (χ2n) is 5.13. The van der Waals surface area contributed by atoms with Gasteiger partial charge in [-0.2, -0.15) is 0 Å². The van der Waals surface area contributed by atoms with Crippen LogP contribution < -0.4 is 5.32 Å². The third kappa shape index (κ3) is 3.38. The Hall–Kier alpha value is -1.75. The predicted molar refractivity (Wildman–Crippen MR) is 73.3 cm³/mol. The fraction of sp³-hybridized carbons (Fsp3) is 0.385. The Morgan fingerprint density at radius 1 is 1.47 bits per heavy atom. The van der Waals surface area contributed by atoms with Crippen LogP contribution in [0.3, 0.4) is 0 Å². The SMILES string of the molecule is CC(C)(C)OC(=O)NCc1nc2ccccn2c1Cl. The molecule has 6 heteroatoms. The average Bonchev–Trinajstić information content (AvgIpc) is 2.62. The number of amides is 1. The first-order valence-corrected chi connectivity index (χ1v) is 6.33. The minimum atomic E-state index is -0.521. The smallest absolute Gasteiger partial charge is 0.407 e. The van der Waals surface area contributed by atoms with Crippen molar-refractivity contribution in [3.8, 4) is 0 Å². The molecule has 0 aliphatic carbocycles. The molecule has 0 saturated heterocycles. The van der Waals surface area contributed by atoms with Gasteiger partial charge in [0.2, 0.25) is 0 Å². The van der Waals surface area contributed by atoms with Crippen molar-refractivity contribution in [2.24, 2.45) is 0 Å². The van der Waals surface area contributed by atoms with Gasteiger partial charge in [-0.25, -0.2) is 9.78 Å². The maximum absolute atomic E-state index is 11.5. The normalized spacial score (nSPS) is 11.6. The van der Waals surface area contributed by atoms with Crippen LogP contribution in [0.15, 0.2) is 24.4 Å². The van der Waals surface area contributed by atoms with Crippen molar-refractivity contribution in [2.75, 3.05) is 0 Å². The van der Waals surface area contributed by atoms with Crippen LogP contribution in [-0.4, -0.2) is 21.1 Å². The van der Waals surface area contributed by atoms with Gasteiger partial charge in [0.25, 0.3) is 0 Å². The number of carbonyl (C=O) groups is 1. The Labute approximate surface area is 116 Å². The zero-order valence-corrected chi connectivity index (χ0v) is 11.9. The van der Waals surface area contributed by atoms with Crippen LogP contribution in [0.25, 0.3) is 5.65 Å². The van der Waals surface area contributed by atoms with Crippen LogP contribution in [0.1, 0.15) is 26.5 Å². The van der Waals surface area contributed by atoms with Crippen molar-refractivity contribution in [3.05, 3.63) is 35.2 Å². The number of fused-ring (bicyclic) bond motifs is 1. The monoisotopic (exact) mass is 281 g/mol. The molecule has 0 fully saturated rings. The summed E-state index contributed by atoms with van der Waals surface area (Å²) in [4.78, 5) is 15.9. The summed E-state index contributed by atoms with van der Waals surface area (Å²) in [5.41, 5.74) is 0.833. The van der Waals surface area contributed by atoms with Crippen molar-refractivity contribution >= 4 is 23.3 Å². The Morgan fingerprint density at radius 2 is 2.21 bits per heavy atom. The molecule has 2 aromatic heterocycles. The van der Waals surface area contributed by atoms with Crippen molar-refractivity contribution in [1.29, 1.82) is 0 Å². The van der Waals surface area contributed by atoms with Gasteiger partial charge in [0.05, 0.1) is 12.2 Å². The number of hydrogen-bond acceptors (Lipinski definition) is 3. The topological polar surface area (TPSA) is 55.6 Å². The second kappa shape index (κ2) is 5.09. The van der Waals surface area contributed by atoms with Crippen LogP contribution in [0, 0.1) is 0 Å². The first kappa shape index (κ1) is 13.7. The molecule has 0 saturated carbocycles. The predicted octanol–water partition coefficient (Wildman–Crippen LogP) is 3.01. The standard InChI is InChI=1S/C13H16ClN3O2/c1-13(2,3)19-12(18)15-8-9-11(14)17-7-5-4-6-10(17)16-9/h4-7H,8H2,1-3H3,(H,15,18). The van der Waals surface area contributed by atoms with Gasteiger partial charge in [-0.3, -0.25) is 4.40 Å². The number of nitrogens with zero attached hydrogens (tertiary/aromatic N) is 2. The summed E-state index contributed by atoms with van der Waals surface area (Å²) in [6, 6.07) is 5.60. The molecule has 0 atom stereocenters. The maximum Gasteiger partial charge on any atom is 0.407 e. The number of aromatic nitrogens is 2. The highest BCUT2D eigenvalue weighted by Crippen LogP contribution is 2.17. The first-order chi connectivity index (χ1) is 8.87. The van der Waals surface area contributed by atoms with Gasteiger partial charge in [0.15, 0.2) is 0 Å². The molecule has 2 rings (SSSR count). The van der Waals surface area contributed by atoms with Crippen LogP contribution in [0.2, 0.25) is 5.15 Å². The molecule has 2 aromatic rings. The minimum absolute atomic E-state index is 0.232. The number of nitrogens with one attached hydrogen (secondary N) is 1. The lowest BCUT2D eigenvalue weighted by Gasteiger charge is -2.19. The van der Waals surface area contributed by atoms with Gasteiger partial charge in [0, 0.05) is 6.20 Å². The first-order valence-electron chi connectivity index (χ1n) is 5.95. The van der Waals surface area contributed by atoms with E-state index in [1.807, 2.05) is 45.2 Å². The molecule has 0 aromatic carbocycles. The number of imidazole rings is 1. The fourth-order valence-electron chi connectivity index (χ4n) is 1.60. The summed E-state index contributed by atoms with van der Waals surface area (Å²) in [5.74, 6) is 0. The molecule has 102 valence electrons. The molecule has 2 heterocycles. The van der Waals surface area contributed by atoms with E-state index in [4.69, 9.17) is 16.3 Å². The third-order valence-electron chi connectivity index (χ3n) is 2.34. The summed E-state index contributed by atoms with van der Waals surface area (Å²) >= 11 is 6.18. The molecule has 0 spiro atoms. The number of ether oxygens (including phenoxy) is 1. The Bertz CT molecular complexity index is 601. The Balaban J connectivity index is 2.06. The Kier molecular flexibility index (Phi) is 3.66. The van der Waals surface area contributed by atoms with E-state index in [1.165, 1.54) is 0 Å². The Morgan fingerprint density at radius 3 is 2.84 bits per heavy atom. The van der Waals surface area contributed by atoms with Crippen molar-refractivity contribution < 1.29 is 9.53 Å². The highest BCUT2D eigenvalue weighted by atomic mass is 35.5. The van der Waals surface area contributed by atoms with E-state index in [-0.39, 0.29) is 6.54 Å². The molecular formula is C13H16ClN3O2. The van der Waals surface area contributed by atoms with Crippen LogP contribution >= 0.6 is 11.6 Å². The summed E-state index contributed by atoms with van der Waals surface area (Å²) in [5, 5.41) is 3.13. The summed E-state index contributed by atoms with van der Waals surface area (Å²) in [7, 11) is 0. The molecule has 1 N–H and O–H groups in total. The molecule has 0 aliphatic heterocycles. The molecule has 0 aliphatic rings. The minimum Gasteiger partial charge on any atom is -0.444 e. The third-order valence-corrected chi connectivity index (χ3v) is 2.74. The summed E-state index contributed by atoms with van der Waals surface area (Å²) in [6.45, 7) is 5.66. The lowest BCUT2D eigenvalue weighted by molar-refractivity contribution is 0.0523. The maximum atomic E-state index is 11.5. The molecule has 0 unspecified atom stereocenters. The van der Waals surface area contributed by atoms with E-state index in [0.717, 1.165) is 5.65 Å². The van der Waals surface area contributed by atoms with Gasteiger partial charge in [-0.05, 0) is 32.9 Å². The number of rotatable bonds is 2. The number of hydrogen-bond donors (Lipinski definition) is 1. The van der Waals surface area contributed by atoms with Gasteiger partial charge < -0.3 is 10.1 Å². The molecule has 0 radical (unpaired) electrons. The van der Waals surface area contributed by atoms with Gasteiger partial charge >= 0.3 is 6.09 Å². The fourth-order valence-corrected chi connectivity index (χ4v) is 1.85. The number of alkyl carbamates (subject to hydrolysis) is 1. The zero-order chi connectivity index (χ0) is 14.0. The van der Waals surface area contributed by atoms with Crippen LogP contribution in [-0.2, 0) is 11.3 Å². The van der Waals surface area contributed by atoms with E-state index in [1.54, 1.807) is 4.40 Å². The highest BCUT2D eigenvalue weighted by Gasteiger charge is 2.17. The number of carbonyl (C=O) groups excluding carboxylic acids is 1. The van der Waals surface area contributed by atoms with Crippen molar-refractivity contribution in [2.45, 2.75) is 32.9 Å². The second-order valence-corrected chi connectivity index (χ2v) is 5.49. The molecule has 0 bridgehead atoms. The quantitative estimate of drug-likeness (QED) is 0.920. The summed E-state index contributed by atoms with van der Waals surface area (Å²) in [6.07, 6.45) is 1.34. The number of pyridine rings is 1. The van der Waals surface area contributed by atoms with Crippen LogP contribution in [0.5, 0.6) is 0 Å². The molecule has 1 amide bonds. The largest absolute Gasteiger partial charge is 0.444 e. The van der Waals surface area contributed by atoms with Gasteiger partial charge in [-0.15, -0.1) is 0 Å². The summed E-state index contributed by atoms with van der Waals surface area (Å²) < 4.78 is 6.90. The molecular weight excluding hydrogens is 266 g/mol. The van der Waals surface area contributed by atoms with E-state index in [2.05, 4.69) is 10.3 Å². The average molecular weight is 282 g/mol. The number of halogens is 1. The van der Waals surface area contributed by atoms with E-state index in [9.17, 15) is 4.79 Å².